The van der Waals surface area contributed by atoms with Crippen LogP contribution in [0.4, 0.5) is 0 Å². The molecule has 0 nitrogen and oxygen atoms in total. The molecule has 1 aliphatic carbocycles. The molecule has 266 valence electrons. The maximum Gasteiger partial charge on any atom is 4.00 e. The van der Waals surface area contributed by atoms with Gasteiger partial charge in [-0.1, -0.05) is 188 Å². The van der Waals surface area contributed by atoms with Crippen LogP contribution in [-0.4, -0.2) is 8.07 Å². The third kappa shape index (κ3) is 8.04. The van der Waals surface area contributed by atoms with Crippen molar-refractivity contribution in [2.45, 2.75) is 53.5 Å². The van der Waals surface area contributed by atoms with Crippen LogP contribution in [0.5, 0.6) is 0 Å². The molecular formula is C48H45Cl3SiTi. The van der Waals surface area contributed by atoms with Gasteiger partial charge in [0.2, 0.25) is 0 Å². The summed E-state index contributed by atoms with van der Waals surface area (Å²) < 4.78 is 0. The number of aryl methyl sites for hydroxylation is 3. The summed E-state index contributed by atoms with van der Waals surface area (Å²) in [5, 5.41) is 3.84. The first-order valence-corrected chi connectivity index (χ1v) is 19.4. The maximum absolute atomic E-state index is 4.17. The summed E-state index contributed by atoms with van der Waals surface area (Å²) in [6, 6.07) is 55.2. The largest absolute Gasteiger partial charge is 4.00 e. The van der Waals surface area contributed by atoms with Crippen LogP contribution in [0.2, 0.25) is 5.04 Å². The second-order valence-corrected chi connectivity index (χ2v) is 18.4. The van der Waals surface area contributed by atoms with Gasteiger partial charge in [-0.05, 0) is 69.7 Å². The molecule has 6 aromatic rings. The second kappa shape index (κ2) is 17.8. The van der Waals surface area contributed by atoms with Crippen molar-refractivity contribution in [1.82, 2.24) is 0 Å². The normalized spacial score (nSPS) is 15.0. The van der Waals surface area contributed by atoms with Gasteiger partial charge in [0.25, 0.3) is 0 Å². The fourth-order valence-corrected chi connectivity index (χ4v) is 14.0. The zero-order valence-corrected chi connectivity index (χ0v) is 36.3. The Balaban J connectivity index is 0.00000189. The quantitative estimate of drug-likeness (QED) is 0.132. The molecule has 0 aromatic heterocycles. The van der Waals surface area contributed by atoms with E-state index in [-0.39, 0.29) is 64.0 Å². The van der Waals surface area contributed by atoms with Crippen molar-refractivity contribution in [3.8, 4) is 33.4 Å². The van der Waals surface area contributed by atoms with Crippen LogP contribution in [0.3, 0.4) is 0 Å². The van der Waals surface area contributed by atoms with Crippen LogP contribution in [0.15, 0.2) is 162 Å². The summed E-state index contributed by atoms with van der Waals surface area (Å²) in [6.07, 6.45) is 4.17. The molecule has 7 rings (SSSR count). The van der Waals surface area contributed by atoms with Crippen molar-refractivity contribution in [1.29, 1.82) is 0 Å². The van der Waals surface area contributed by atoms with E-state index in [1.165, 1.54) is 82.4 Å². The monoisotopic (exact) mass is 802 g/mol. The number of rotatable bonds is 7. The van der Waals surface area contributed by atoms with Crippen LogP contribution < -0.4 is 52.8 Å². The fourth-order valence-electron chi connectivity index (χ4n) is 7.99. The van der Waals surface area contributed by atoms with Crippen LogP contribution in [0, 0.1) is 26.8 Å². The van der Waals surface area contributed by atoms with Gasteiger partial charge in [-0.2, -0.15) is 11.1 Å². The Morgan fingerprint density at radius 3 is 0.981 bits per heavy atom. The van der Waals surface area contributed by atoms with Gasteiger partial charge in [0.05, 0.1) is 0 Å². The number of benzene rings is 6. The van der Waals surface area contributed by atoms with E-state index in [2.05, 4.69) is 200 Å². The van der Waals surface area contributed by atoms with Crippen molar-refractivity contribution >= 4 is 23.6 Å². The van der Waals surface area contributed by atoms with E-state index in [9.17, 15) is 0 Å². The molecule has 0 amide bonds. The topological polar surface area (TPSA) is 0 Å². The van der Waals surface area contributed by atoms with E-state index < -0.39 is 8.07 Å². The van der Waals surface area contributed by atoms with Gasteiger partial charge >= 0.3 is 21.7 Å². The number of allylic oxidation sites excluding steroid dienone is 4. The van der Waals surface area contributed by atoms with Gasteiger partial charge in [0.1, 0.15) is 8.07 Å². The van der Waals surface area contributed by atoms with Crippen molar-refractivity contribution in [2.24, 2.45) is 0 Å². The molecule has 1 atom stereocenters. The number of hydrogen-bond donors (Lipinski definition) is 0. The van der Waals surface area contributed by atoms with Crippen molar-refractivity contribution in [3.63, 3.8) is 0 Å². The summed E-state index contributed by atoms with van der Waals surface area (Å²) in [4.78, 5) is 0. The Kier molecular flexibility index (Phi) is 14.8. The predicted octanol–water partition coefficient (Wildman–Crippen LogP) is 1.95. The smallest absolute Gasteiger partial charge is 1.00 e. The zero-order chi connectivity index (χ0) is 34.3. The third-order valence-electron chi connectivity index (χ3n) is 11.1. The molecule has 0 aliphatic heterocycles. The summed E-state index contributed by atoms with van der Waals surface area (Å²) in [6.45, 7) is 15.8. The zero-order valence-electron chi connectivity index (χ0n) is 31.5. The molecule has 1 unspecified atom stereocenters. The van der Waals surface area contributed by atoms with Crippen LogP contribution in [0.25, 0.3) is 33.4 Å². The minimum absolute atomic E-state index is 0. The molecule has 0 radical (unpaired) electrons. The van der Waals surface area contributed by atoms with Crippen molar-refractivity contribution in [3.05, 3.63) is 185 Å². The molecule has 53 heavy (non-hydrogen) atoms. The average Bonchev–Trinajstić information content (AvgIpc) is 3.32. The standard InChI is InChI=1S/C48H45Si.3ClH.Ti/c1-33-17-23-39(24-18-33)42-11-8-14-45(29-42)49(48(7)32-36(4)37(5)38(48)6,46-15-9-12-43(30-46)40-25-19-34(2)20-26-40)47-16-10-13-44(31-47)41-27-21-35(3)22-28-41;;;;/h8-31H,1-7H3;3*1H;/q-1;;;;+4/p-3. The molecule has 0 saturated heterocycles. The third-order valence-corrected chi connectivity index (χ3v) is 16.6. The Morgan fingerprint density at radius 2 is 0.717 bits per heavy atom. The SMILES string of the molecule is CC1=[C-]C(C)([Si](c2cccc(-c3ccc(C)cc3)c2)(c2cccc(-c3ccc(C)cc3)c2)c2cccc(-c3ccc(C)cc3)c2)C(C)=C1C.[Cl-].[Cl-].[Cl-].[Ti+4]. The molecule has 5 heteroatoms. The van der Waals surface area contributed by atoms with E-state index >= 15 is 0 Å². The predicted molar refractivity (Wildman–Crippen MR) is 214 cm³/mol. The van der Waals surface area contributed by atoms with Crippen molar-refractivity contribution < 1.29 is 58.9 Å². The van der Waals surface area contributed by atoms with Gasteiger partial charge in [-0.15, -0.1) is 6.92 Å². The Hall–Kier alpha value is -3.40. The first-order valence-electron chi connectivity index (χ1n) is 17.4. The molecule has 0 heterocycles. The number of hydrogen-bond acceptors (Lipinski definition) is 0. The summed E-state index contributed by atoms with van der Waals surface area (Å²) in [5.74, 6) is 0. The van der Waals surface area contributed by atoms with Crippen LogP contribution in [0.1, 0.15) is 44.4 Å². The Morgan fingerprint density at radius 1 is 0.415 bits per heavy atom. The summed E-state index contributed by atoms with van der Waals surface area (Å²) >= 11 is 0. The van der Waals surface area contributed by atoms with Crippen LogP contribution >= 0.6 is 0 Å². The van der Waals surface area contributed by atoms with E-state index in [0.29, 0.717) is 0 Å². The second-order valence-electron chi connectivity index (χ2n) is 14.2. The minimum atomic E-state index is -2.98. The van der Waals surface area contributed by atoms with Crippen LogP contribution in [-0.2, 0) is 21.7 Å². The van der Waals surface area contributed by atoms with Gasteiger partial charge in [0.15, 0.2) is 0 Å². The number of halogens is 3. The molecule has 0 N–H and O–H groups in total. The Bertz CT molecular complexity index is 2020. The van der Waals surface area contributed by atoms with Crippen molar-refractivity contribution in [2.75, 3.05) is 0 Å². The summed E-state index contributed by atoms with van der Waals surface area (Å²) in [5.41, 5.74) is 15.3. The fraction of sp³-hybridized carbons (Fsp3) is 0.167. The maximum atomic E-state index is 4.17. The average molecular weight is 804 g/mol. The molecule has 0 bridgehead atoms. The minimum Gasteiger partial charge on any atom is -1.00 e. The van der Waals surface area contributed by atoms with E-state index in [4.69, 9.17) is 0 Å². The van der Waals surface area contributed by atoms with Gasteiger partial charge in [-0.25, -0.2) is 5.57 Å². The molecule has 0 saturated carbocycles. The molecular weight excluding hydrogens is 759 g/mol. The first-order chi connectivity index (χ1) is 23.6. The molecule has 0 fully saturated rings. The van der Waals surface area contributed by atoms with Gasteiger partial charge in [-0.3, -0.25) is 6.08 Å². The van der Waals surface area contributed by atoms with E-state index in [1.54, 1.807) is 0 Å². The summed E-state index contributed by atoms with van der Waals surface area (Å²) in [7, 11) is -2.98. The first kappa shape index (κ1) is 44.0. The molecule has 6 aromatic carbocycles. The van der Waals surface area contributed by atoms with Gasteiger partial charge < -0.3 is 37.2 Å². The molecule has 1 aliphatic rings. The van der Waals surface area contributed by atoms with E-state index in [0.717, 1.165) is 0 Å². The Labute approximate surface area is 352 Å². The van der Waals surface area contributed by atoms with Gasteiger partial charge in [0, 0.05) is 0 Å². The van der Waals surface area contributed by atoms with E-state index in [1.807, 2.05) is 0 Å². The molecule has 0 spiro atoms.